The SMILES string of the molecule is C#CC(C)(O)c1noc(C)n1.CC.CC. The zero-order chi connectivity index (χ0) is 12.5. The molecule has 1 unspecified atom stereocenters. The highest BCUT2D eigenvalue weighted by Crippen LogP contribution is 2.14. The van der Waals surface area contributed by atoms with Gasteiger partial charge in [0.05, 0.1) is 0 Å². The molecular weight excluding hydrogens is 192 g/mol. The summed E-state index contributed by atoms with van der Waals surface area (Å²) in [5.74, 6) is 2.65. The molecule has 0 spiro atoms. The molecule has 0 aliphatic carbocycles. The Bertz CT molecular complexity index is 298. The first-order valence-corrected chi connectivity index (χ1v) is 5.07. The maximum Gasteiger partial charge on any atom is 0.223 e. The maximum atomic E-state index is 9.39. The molecule has 15 heavy (non-hydrogen) atoms. The van der Waals surface area contributed by atoms with Gasteiger partial charge in [-0.05, 0) is 6.92 Å². The fourth-order valence-corrected chi connectivity index (χ4v) is 0.562. The van der Waals surface area contributed by atoms with E-state index in [0.29, 0.717) is 5.89 Å². The second-order valence-electron chi connectivity index (χ2n) is 2.35. The largest absolute Gasteiger partial charge is 0.371 e. The molecule has 1 N–H and O–H groups in total. The molecule has 0 fully saturated rings. The van der Waals surface area contributed by atoms with Crippen LogP contribution in [0.15, 0.2) is 4.52 Å². The van der Waals surface area contributed by atoms with Crippen molar-refractivity contribution in [2.24, 2.45) is 0 Å². The van der Waals surface area contributed by atoms with Crippen molar-refractivity contribution in [1.29, 1.82) is 0 Å². The first-order chi connectivity index (χ1) is 7.06. The zero-order valence-corrected chi connectivity index (χ0v) is 10.3. The van der Waals surface area contributed by atoms with Crippen LogP contribution in [-0.2, 0) is 5.60 Å². The number of terminal acetylenes is 1. The molecule has 4 heteroatoms. The average molecular weight is 212 g/mol. The van der Waals surface area contributed by atoms with Gasteiger partial charge in [0.15, 0.2) is 5.60 Å². The lowest BCUT2D eigenvalue weighted by Crippen LogP contribution is -2.19. The second kappa shape index (κ2) is 8.01. The van der Waals surface area contributed by atoms with Crippen LogP contribution in [-0.4, -0.2) is 15.2 Å². The van der Waals surface area contributed by atoms with E-state index in [4.69, 9.17) is 6.42 Å². The summed E-state index contributed by atoms with van der Waals surface area (Å²) in [6.45, 7) is 11.1. The van der Waals surface area contributed by atoms with Gasteiger partial charge in [0.25, 0.3) is 0 Å². The van der Waals surface area contributed by atoms with Crippen LogP contribution in [0.25, 0.3) is 0 Å². The summed E-state index contributed by atoms with van der Waals surface area (Å²) >= 11 is 0. The molecule has 1 heterocycles. The minimum Gasteiger partial charge on any atom is -0.371 e. The maximum absolute atomic E-state index is 9.39. The van der Waals surface area contributed by atoms with Crippen LogP contribution in [0.2, 0.25) is 0 Å². The predicted octanol–water partition coefficient (Wildman–Crippen LogP) is 2.27. The van der Waals surface area contributed by atoms with Crippen LogP contribution in [0.5, 0.6) is 0 Å². The minimum absolute atomic E-state index is 0.123. The zero-order valence-electron chi connectivity index (χ0n) is 10.3. The molecule has 1 atom stereocenters. The lowest BCUT2D eigenvalue weighted by molar-refractivity contribution is 0.109. The van der Waals surface area contributed by atoms with Gasteiger partial charge in [-0.15, -0.1) is 6.42 Å². The molecule has 1 aromatic heterocycles. The Hall–Kier alpha value is -1.34. The molecule has 0 aliphatic rings. The fourth-order valence-electron chi connectivity index (χ4n) is 0.562. The smallest absolute Gasteiger partial charge is 0.223 e. The summed E-state index contributed by atoms with van der Waals surface area (Å²) < 4.78 is 4.64. The Morgan fingerprint density at radius 3 is 2.07 bits per heavy atom. The monoisotopic (exact) mass is 212 g/mol. The molecule has 0 bridgehead atoms. The van der Waals surface area contributed by atoms with Crippen LogP contribution in [0.3, 0.4) is 0 Å². The predicted molar refractivity (Wildman–Crippen MR) is 60.1 cm³/mol. The Kier molecular flexibility index (Phi) is 8.60. The molecule has 1 aromatic rings. The van der Waals surface area contributed by atoms with E-state index < -0.39 is 5.60 Å². The first kappa shape index (κ1) is 16.1. The Morgan fingerprint density at radius 1 is 1.33 bits per heavy atom. The first-order valence-electron chi connectivity index (χ1n) is 5.07. The van der Waals surface area contributed by atoms with Gasteiger partial charge in [-0.25, -0.2) is 0 Å². The molecule has 1 rings (SSSR count). The molecular formula is C11H20N2O2. The van der Waals surface area contributed by atoms with Gasteiger partial charge in [-0.3, -0.25) is 0 Å². The standard InChI is InChI=1S/C7H8N2O2.2C2H6/c1-4-7(3,10)6-8-5(2)11-9-6;2*1-2/h1,10H,2-3H3;2*1-2H3. The Balaban J connectivity index is 0. The highest BCUT2D eigenvalue weighted by atomic mass is 16.5. The van der Waals surface area contributed by atoms with E-state index in [0.717, 1.165) is 0 Å². The number of aryl methyl sites for hydroxylation is 1. The third kappa shape index (κ3) is 5.18. The van der Waals surface area contributed by atoms with E-state index in [1.54, 1.807) is 6.92 Å². The summed E-state index contributed by atoms with van der Waals surface area (Å²) in [4.78, 5) is 3.78. The number of aliphatic hydroxyl groups is 1. The second-order valence-corrected chi connectivity index (χ2v) is 2.35. The summed E-state index contributed by atoms with van der Waals surface area (Å²) in [7, 11) is 0. The van der Waals surface area contributed by atoms with Crippen molar-refractivity contribution < 1.29 is 9.63 Å². The van der Waals surface area contributed by atoms with Crippen molar-refractivity contribution in [3.63, 3.8) is 0 Å². The van der Waals surface area contributed by atoms with Gasteiger partial charge in [-0.2, -0.15) is 4.98 Å². The van der Waals surface area contributed by atoms with E-state index >= 15 is 0 Å². The van der Waals surface area contributed by atoms with Gasteiger partial charge in [0.1, 0.15) is 0 Å². The van der Waals surface area contributed by atoms with E-state index in [2.05, 4.69) is 20.6 Å². The molecule has 4 nitrogen and oxygen atoms in total. The van der Waals surface area contributed by atoms with Gasteiger partial charge < -0.3 is 9.63 Å². The van der Waals surface area contributed by atoms with Crippen molar-refractivity contribution in [2.45, 2.75) is 47.1 Å². The highest BCUT2D eigenvalue weighted by Gasteiger charge is 2.25. The quantitative estimate of drug-likeness (QED) is 0.725. The number of hydrogen-bond donors (Lipinski definition) is 1. The van der Waals surface area contributed by atoms with Gasteiger partial charge in [-0.1, -0.05) is 38.8 Å². The molecule has 0 amide bonds. The van der Waals surface area contributed by atoms with Gasteiger partial charge in [0, 0.05) is 6.92 Å². The van der Waals surface area contributed by atoms with Crippen LogP contribution < -0.4 is 0 Å². The summed E-state index contributed by atoms with van der Waals surface area (Å²) in [5, 5.41) is 12.9. The minimum atomic E-state index is -1.43. The Labute approximate surface area is 91.7 Å². The van der Waals surface area contributed by atoms with E-state index in [1.165, 1.54) is 6.92 Å². The third-order valence-corrected chi connectivity index (χ3v) is 1.24. The summed E-state index contributed by atoms with van der Waals surface area (Å²) in [5.41, 5.74) is -1.43. The average Bonchev–Trinajstić information content (AvgIpc) is 2.71. The number of rotatable bonds is 1. The van der Waals surface area contributed by atoms with Crippen molar-refractivity contribution >= 4 is 0 Å². The summed E-state index contributed by atoms with van der Waals surface area (Å²) in [6.07, 6.45) is 5.03. The molecule has 86 valence electrons. The van der Waals surface area contributed by atoms with Gasteiger partial charge in [0.2, 0.25) is 11.7 Å². The fraction of sp³-hybridized carbons (Fsp3) is 0.636. The molecule has 0 aromatic carbocycles. The topological polar surface area (TPSA) is 59.2 Å². The van der Waals surface area contributed by atoms with E-state index in [9.17, 15) is 5.11 Å². The highest BCUT2D eigenvalue weighted by molar-refractivity contribution is 5.14. The normalized spacial score (nSPS) is 12.1. The van der Waals surface area contributed by atoms with Crippen molar-refractivity contribution in [3.05, 3.63) is 11.7 Å². The lowest BCUT2D eigenvalue weighted by Gasteiger charge is -2.08. The number of hydrogen-bond acceptors (Lipinski definition) is 4. The molecule has 0 radical (unpaired) electrons. The molecule has 0 saturated carbocycles. The van der Waals surface area contributed by atoms with Crippen LogP contribution >= 0.6 is 0 Å². The molecule has 0 saturated heterocycles. The van der Waals surface area contributed by atoms with Crippen molar-refractivity contribution in [1.82, 2.24) is 10.1 Å². The molecule has 0 aliphatic heterocycles. The van der Waals surface area contributed by atoms with Gasteiger partial charge >= 0.3 is 0 Å². The van der Waals surface area contributed by atoms with E-state index in [1.807, 2.05) is 27.7 Å². The third-order valence-electron chi connectivity index (χ3n) is 1.24. The van der Waals surface area contributed by atoms with E-state index in [-0.39, 0.29) is 5.82 Å². The van der Waals surface area contributed by atoms with Crippen LogP contribution in [0, 0.1) is 19.3 Å². The lowest BCUT2D eigenvalue weighted by atomic mass is 10.1. The van der Waals surface area contributed by atoms with Crippen LogP contribution in [0.4, 0.5) is 0 Å². The van der Waals surface area contributed by atoms with Crippen molar-refractivity contribution in [2.75, 3.05) is 0 Å². The number of nitrogens with zero attached hydrogens (tertiary/aromatic N) is 2. The Morgan fingerprint density at radius 2 is 1.80 bits per heavy atom. The van der Waals surface area contributed by atoms with Crippen LogP contribution in [0.1, 0.15) is 46.3 Å². The number of aromatic nitrogens is 2. The van der Waals surface area contributed by atoms with Crippen molar-refractivity contribution in [3.8, 4) is 12.3 Å². The summed E-state index contributed by atoms with van der Waals surface area (Å²) in [6, 6.07) is 0.